The van der Waals surface area contributed by atoms with Gasteiger partial charge in [-0.3, -0.25) is 0 Å². The monoisotopic (exact) mass is 444 g/mol. The van der Waals surface area contributed by atoms with Gasteiger partial charge in [-0.1, -0.05) is 24.3 Å². The molecule has 0 aliphatic heterocycles. The van der Waals surface area contributed by atoms with E-state index in [-0.39, 0.29) is 39.1 Å². The van der Waals surface area contributed by atoms with Crippen LogP contribution >= 0.6 is 0 Å². The Bertz CT molecular complexity index is 593. The number of nitrogens with zero attached hydrogens (tertiary/aromatic N) is 1. The quantitative estimate of drug-likeness (QED) is 0.396. The summed E-state index contributed by atoms with van der Waals surface area (Å²) in [5.41, 5.74) is 3.51. The Hall–Kier alpha value is -1.10. The predicted molar refractivity (Wildman–Crippen MR) is 70.8 cm³/mol. The first-order valence-corrected chi connectivity index (χ1v) is 6.77. The fourth-order valence-corrected chi connectivity index (χ4v) is 2.64. The summed E-state index contributed by atoms with van der Waals surface area (Å²) in [5.74, 6) is 2.09. The van der Waals surface area contributed by atoms with Crippen LogP contribution in [0.25, 0.3) is 0 Å². The standard InChI is InChI=1S/C14H14NO2S.W/c1-4-6-12-15(11-5-2)18(16,17)14-9-7-13(3)8-10-14;/h6-10H,1,11-12H2,3H3;/q-1;. The minimum absolute atomic E-state index is 0. The summed E-state index contributed by atoms with van der Waals surface area (Å²) >= 11 is 0. The van der Waals surface area contributed by atoms with E-state index < -0.39 is 10.0 Å². The largest absolute Gasteiger partial charge is 0.692 e. The second-order valence-corrected chi connectivity index (χ2v) is 5.63. The molecule has 100 valence electrons. The van der Waals surface area contributed by atoms with Gasteiger partial charge in [0.05, 0.1) is 4.90 Å². The van der Waals surface area contributed by atoms with Crippen LogP contribution in [0.15, 0.2) is 47.5 Å². The molecule has 0 bridgehead atoms. The third-order valence-electron chi connectivity index (χ3n) is 2.35. The number of sulfonamides is 1. The summed E-state index contributed by atoms with van der Waals surface area (Å²) in [6, 6.07) is 6.59. The molecular weight excluding hydrogens is 430 g/mol. The summed E-state index contributed by atoms with van der Waals surface area (Å²) < 4.78 is 25.7. The van der Waals surface area contributed by atoms with Crippen LogP contribution in [0.4, 0.5) is 0 Å². The molecule has 0 saturated carbocycles. The molecule has 0 amide bonds. The minimum atomic E-state index is -3.60. The number of hydrogen-bond donors (Lipinski definition) is 0. The molecular formula is C14H14NO2SW-. The van der Waals surface area contributed by atoms with E-state index in [1.54, 1.807) is 24.3 Å². The maximum absolute atomic E-state index is 12.3. The molecule has 1 aromatic carbocycles. The van der Waals surface area contributed by atoms with Gasteiger partial charge in [0, 0.05) is 34.2 Å². The molecule has 19 heavy (non-hydrogen) atoms. The number of benzene rings is 1. The zero-order chi connectivity index (χ0) is 13.6. The molecule has 0 N–H and O–H groups in total. The average molecular weight is 444 g/mol. The second-order valence-electron chi connectivity index (χ2n) is 3.70. The third-order valence-corrected chi connectivity index (χ3v) is 4.18. The molecule has 5 heteroatoms. The van der Waals surface area contributed by atoms with E-state index in [1.165, 1.54) is 6.08 Å². The van der Waals surface area contributed by atoms with Crippen LogP contribution < -0.4 is 0 Å². The molecule has 1 aromatic rings. The van der Waals surface area contributed by atoms with E-state index in [0.29, 0.717) is 0 Å². The molecule has 3 nitrogen and oxygen atoms in total. The normalized spacial score (nSPS) is 10.2. The summed E-state index contributed by atoms with van der Waals surface area (Å²) in [5, 5.41) is 0. The molecule has 0 fully saturated rings. The van der Waals surface area contributed by atoms with Crippen molar-refractivity contribution in [1.29, 1.82) is 0 Å². The van der Waals surface area contributed by atoms with Gasteiger partial charge in [0.1, 0.15) is 0 Å². The number of aryl methyl sites for hydroxylation is 1. The molecule has 0 aliphatic rings. The third kappa shape index (κ3) is 4.82. The first-order chi connectivity index (χ1) is 8.52. The minimum Gasteiger partial charge on any atom is -0.692 e. The zero-order valence-electron chi connectivity index (χ0n) is 10.6. The van der Waals surface area contributed by atoms with Crippen molar-refractivity contribution in [2.75, 3.05) is 13.1 Å². The topological polar surface area (TPSA) is 37.4 Å². The van der Waals surface area contributed by atoms with E-state index in [4.69, 9.17) is 6.42 Å². The second kappa shape index (κ2) is 8.15. The Morgan fingerprint density at radius 2 is 1.95 bits per heavy atom. The Morgan fingerprint density at radius 3 is 2.42 bits per heavy atom. The van der Waals surface area contributed by atoms with Gasteiger partial charge in [0.2, 0.25) is 10.0 Å². The van der Waals surface area contributed by atoms with Gasteiger partial charge >= 0.3 is 0 Å². The van der Waals surface area contributed by atoms with Gasteiger partial charge in [-0.25, -0.2) is 8.42 Å². The predicted octanol–water partition coefficient (Wildman–Crippen LogP) is 1.91. The summed E-state index contributed by atoms with van der Waals surface area (Å²) in [6.07, 6.45) is 8.44. The smallest absolute Gasteiger partial charge is 0.244 e. The Balaban J connectivity index is 0.00000324. The van der Waals surface area contributed by atoms with Crippen molar-refractivity contribution in [3.05, 3.63) is 54.6 Å². The maximum atomic E-state index is 12.3. The van der Waals surface area contributed by atoms with E-state index in [2.05, 4.69) is 18.2 Å². The maximum Gasteiger partial charge on any atom is 0.244 e. The van der Waals surface area contributed by atoms with Gasteiger partial charge in [-0.05, 0) is 25.1 Å². The van der Waals surface area contributed by atoms with Gasteiger partial charge < -0.3 is 12.3 Å². The molecule has 0 atom stereocenters. The van der Waals surface area contributed by atoms with Gasteiger partial charge in [-0.15, -0.1) is 5.73 Å². The van der Waals surface area contributed by atoms with Crippen molar-refractivity contribution in [2.24, 2.45) is 0 Å². The first-order valence-electron chi connectivity index (χ1n) is 5.33. The van der Waals surface area contributed by atoms with E-state index in [9.17, 15) is 8.42 Å². The van der Waals surface area contributed by atoms with Crippen LogP contribution in [0, 0.1) is 19.3 Å². The van der Waals surface area contributed by atoms with Gasteiger partial charge in [0.15, 0.2) is 0 Å². The van der Waals surface area contributed by atoms with Crippen LogP contribution in [0.1, 0.15) is 5.56 Å². The first kappa shape index (κ1) is 17.9. The van der Waals surface area contributed by atoms with E-state index in [0.717, 1.165) is 9.87 Å². The van der Waals surface area contributed by atoms with Crippen LogP contribution in [0.3, 0.4) is 0 Å². The van der Waals surface area contributed by atoms with Crippen molar-refractivity contribution < 1.29 is 29.5 Å². The fraction of sp³-hybridized carbons (Fsp3) is 0.214. The van der Waals surface area contributed by atoms with Crippen molar-refractivity contribution in [3.63, 3.8) is 0 Å². The van der Waals surface area contributed by atoms with Gasteiger partial charge in [-0.2, -0.15) is 4.31 Å². The molecule has 0 aromatic heterocycles. The summed E-state index contributed by atoms with van der Waals surface area (Å²) in [6.45, 7) is 5.32. The van der Waals surface area contributed by atoms with Crippen molar-refractivity contribution >= 4 is 10.0 Å². The molecule has 1 rings (SSSR count). The van der Waals surface area contributed by atoms with Crippen LogP contribution in [0.2, 0.25) is 0 Å². The van der Waals surface area contributed by atoms with Crippen LogP contribution in [-0.4, -0.2) is 25.8 Å². The molecule has 0 aliphatic carbocycles. The van der Waals surface area contributed by atoms with Gasteiger partial charge in [0.25, 0.3) is 0 Å². The Labute approximate surface area is 129 Å². The Kier molecular flexibility index (Phi) is 7.67. The van der Waals surface area contributed by atoms with Crippen LogP contribution in [-0.2, 0) is 31.1 Å². The molecule has 0 radical (unpaired) electrons. The van der Waals surface area contributed by atoms with Crippen molar-refractivity contribution in [2.45, 2.75) is 11.8 Å². The molecule has 0 spiro atoms. The Morgan fingerprint density at radius 1 is 1.37 bits per heavy atom. The zero-order valence-corrected chi connectivity index (χ0v) is 14.3. The fourth-order valence-electron chi connectivity index (χ4n) is 1.36. The van der Waals surface area contributed by atoms with Crippen LogP contribution in [0.5, 0.6) is 0 Å². The number of hydrogen-bond acceptors (Lipinski definition) is 2. The van der Waals surface area contributed by atoms with Crippen molar-refractivity contribution in [1.82, 2.24) is 4.31 Å². The van der Waals surface area contributed by atoms with E-state index in [1.807, 2.05) is 6.92 Å². The number of rotatable bonds is 5. The van der Waals surface area contributed by atoms with E-state index >= 15 is 0 Å². The summed E-state index contributed by atoms with van der Waals surface area (Å²) in [7, 11) is -3.60. The summed E-state index contributed by atoms with van der Waals surface area (Å²) in [4.78, 5) is 0.209. The SMILES string of the molecule is [C-]#CCN(CC=C=C)S(=O)(=O)c1ccc(C)cc1.[W]. The molecule has 0 unspecified atom stereocenters. The molecule has 0 heterocycles. The average Bonchev–Trinajstić information content (AvgIpc) is 2.35. The molecule has 0 saturated heterocycles. The van der Waals surface area contributed by atoms with Crippen molar-refractivity contribution in [3.8, 4) is 5.92 Å².